The first-order valence-corrected chi connectivity index (χ1v) is 7.99. The smallest absolute Gasteiger partial charge is 0.212 e. The summed E-state index contributed by atoms with van der Waals surface area (Å²) in [5.41, 5.74) is 1.38. The Hall–Kier alpha value is -0.940. The summed E-state index contributed by atoms with van der Waals surface area (Å²) < 4.78 is 2.09. The first-order valence-electron chi connectivity index (χ1n) is 7.18. The Labute approximate surface area is 118 Å². The molecule has 0 spiro atoms. The number of nitrogens with one attached hydrogen (secondary N) is 1. The van der Waals surface area contributed by atoms with E-state index in [-0.39, 0.29) is 0 Å². The highest BCUT2D eigenvalue weighted by Gasteiger charge is 2.27. The van der Waals surface area contributed by atoms with E-state index in [1.807, 2.05) is 11.3 Å². The molecule has 5 heteroatoms. The van der Waals surface area contributed by atoms with E-state index < -0.39 is 0 Å². The third-order valence-corrected chi connectivity index (χ3v) is 4.81. The van der Waals surface area contributed by atoms with Gasteiger partial charge in [0.2, 0.25) is 4.96 Å². The maximum Gasteiger partial charge on any atom is 0.212 e. The summed E-state index contributed by atoms with van der Waals surface area (Å²) in [6.45, 7) is 9.91. The molecule has 3 rings (SSSR count). The fourth-order valence-electron chi connectivity index (χ4n) is 2.68. The largest absolute Gasteiger partial charge is 0.309 e. The van der Waals surface area contributed by atoms with Crippen molar-refractivity contribution >= 4 is 16.3 Å². The van der Waals surface area contributed by atoms with E-state index >= 15 is 0 Å². The van der Waals surface area contributed by atoms with Crippen LogP contribution in [0.4, 0.5) is 0 Å². The van der Waals surface area contributed by atoms with Gasteiger partial charge in [-0.1, -0.05) is 39.0 Å². The average molecular weight is 278 g/mol. The number of hydrogen-bond donors (Lipinski definition) is 1. The van der Waals surface area contributed by atoms with Gasteiger partial charge in [-0.2, -0.15) is 5.10 Å². The van der Waals surface area contributed by atoms with E-state index in [4.69, 9.17) is 0 Å². The molecule has 1 unspecified atom stereocenters. The molecule has 19 heavy (non-hydrogen) atoms. The summed E-state index contributed by atoms with van der Waals surface area (Å²) in [6.07, 6.45) is 2.25. The van der Waals surface area contributed by atoms with Crippen LogP contribution in [0, 0.1) is 5.92 Å². The second-order valence-corrected chi connectivity index (χ2v) is 7.13. The molecule has 2 aromatic heterocycles. The van der Waals surface area contributed by atoms with Crippen LogP contribution in [0.2, 0.25) is 0 Å². The van der Waals surface area contributed by atoms with E-state index in [1.54, 1.807) is 0 Å². The van der Waals surface area contributed by atoms with Crippen molar-refractivity contribution in [2.75, 3.05) is 6.54 Å². The van der Waals surface area contributed by atoms with Gasteiger partial charge in [0.15, 0.2) is 5.82 Å². The van der Waals surface area contributed by atoms with Crippen LogP contribution in [0.15, 0.2) is 0 Å². The number of thiazole rings is 1. The minimum absolute atomic E-state index is 0.399. The zero-order valence-corrected chi connectivity index (χ0v) is 12.9. The Morgan fingerprint density at radius 1 is 1.37 bits per heavy atom. The topological polar surface area (TPSA) is 42.2 Å². The molecule has 1 atom stereocenters. The Kier molecular flexibility index (Phi) is 3.35. The highest BCUT2D eigenvalue weighted by atomic mass is 32.1. The minimum Gasteiger partial charge on any atom is -0.309 e. The Bertz CT molecular complexity index is 582. The van der Waals surface area contributed by atoms with Gasteiger partial charge in [-0.25, -0.2) is 9.50 Å². The van der Waals surface area contributed by atoms with Crippen LogP contribution in [0.5, 0.6) is 0 Å². The van der Waals surface area contributed by atoms with Gasteiger partial charge in [0, 0.05) is 29.8 Å². The molecule has 0 radical (unpaired) electrons. The van der Waals surface area contributed by atoms with Crippen LogP contribution in [-0.4, -0.2) is 21.1 Å². The van der Waals surface area contributed by atoms with Crippen molar-refractivity contribution < 1.29 is 0 Å². The van der Waals surface area contributed by atoms with Gasteiger partial charge in [0.25, 0.3) is 0 Å². The number of fused-ring (bicyclic) bond motifs is 3. The molecular weight excluding hydrogens is 256 g/mol. The van der Waals surface area contributed by atoms with Gasteiger partial charge in [-0.3, -0.25) is 0 Å². The summed E-state index contributed by atoms with van der Waals surface area (Å²) in [5, 5.41) is 8.32. The third kappa shape index (κ3) is 2.30. The molecule has 0 amide bonds. The summed E-state index contributed by atoms with van der Waals surface area (Å²) in [6, 6.07) is 0.486. The van der Waals surface area contributed by atoms with Gasteiger partial charge in [-0.15, -0.1) is 0 Å². The molecule has 1 N–H and O–H groups in total. The molecule has 104 valence electrons. The lowest BCUT2D eigenvalue weighted by atomic mass is 9.98. The van der Waals surface area contributed by atoms with Gasteiger partial charge < -0.3 is 5.32 Å². The van der Waals surface area contributed by atoms with Crippen molar-refractivity contribution in [1.82, 2.24) is 19.9 Å². The molecule has 0 fully saturated rings. The van der Waals surface area contributed by atoms with Crippen molar-refractivity contribution in [3.63, 3.8) is 0 Å². The first kappa shape index (κ1) is 13.1. The van der Waals surface area contributed by atoms with Gasteiger partial charge in [0.1, 0.15) is 0 Å². The zero-order chi connectivity index (χ0) is 13.6. The Balaban J connectivity index is 2.02. The molecule has 1 aliphatic rings. The van der Waals surface area contributed by atoms with Gasteiger partial charge in [-0.05, 0) is 12.3 Å². The predicted octanol–water partition coefficient (Wildman–Crippen LogP) is 3.15. The second kappa shape index (κ2) is 4.87. The third-order valence-electron chi connectivity index (χ3n) is 3.63. The first-order chi connectivity index (χ1) is 9.06. The molecule has 2 aromatic rings. The lowest BCUT2D eigenvalue weighted by molar-refractivity contribution is 0.416. The van der Waals surface area contributed by atoms with E-state index in [0.717, 1.165) is 23.8 Å². The second-order valence-electron chi connectivity index (χ2n) is 6.12. The molecule has 0 saturated heterocycles. The Morgan fingerprint density at radius 3 is 2.84 bits per heavy atom. The lowest BCUT2D eigenvalue weighted by Gasteiger charge is -2.24. The molecular formula is C14H22N4S. The van der Waals surface area contributed by atoms with E-state index in [9.17, 15) is 0 Å². The Morgan fingerprint density at radius 2 is 2.16 bits per heavy atom. The summed E-state index contributed by atoms with van der Waals surface area (Å²) in [5.74, 6) is 2.07. The molecule has 1 aliphatic heterocycles. The van der Waals surface area contributed by atoms with Crippen molar-refractivity contribution in [2.24, 2.45) is 5.92 Å². The van der Waals surface area contributed by atoms with E-state index in [2.05, 4.69) is 47.6 Å². The molecule has 3 heterocycles. The molecule has 0 bridgehead atoms. The lowest BCUT2D eigenvalue weighted by Crippen LogP contribution is -2.30. The number of hydrogen-bond acceptors (Lipinski definition) is 4. The van der Waals surface area contributed by atoms with Crippen LogP contribution in [0.25, 0.3) is 4.96 Å². The van der Waals surface area contributed by atoms with Crippen molar-refractivity contribution in [3.05, 3.63) is 16.4 Å². The molecule has 0 saturated carbocycles. The number of aromatic nitrogens is 3. The maximum absolute atomic E-state index is 4.69. The highest BCUT2D eigenvalue weighted by Crippen LogP contribution is 2.34. The van der Waals surface area contributed by atoms with Crippen LogP contribution in [0.1, 0.15) is 62.5 Å². The molecule has 0 aliphatic carbocycles. The van der Waals surface area contributed by atoms with Gasteiger partial charge in [0.05, 0.1) is 5.69 Å². The van der Waals surface area contributed by atoms with Gasteiger partial charge >= 0.3 is 0 Å². The normalized spacial score (nSPS) is 19.6. The monoisotopic (exact) mass is 278 g/mol. The maximum atomic E-state index is 4.69. The summed E-state index contributed by atoms with van der Waals surface area (Å²) >= 11 is 1.81. The van der Waals surface area contributed by atoms with Crippen LogP contribution >= 0.6 is 11.3 Å². The van der Waals surface area contributed by atoms with Crippen LogP contribution < -0.4 is 5.32 Å². The SMILES string of the molecule is CC(C)CC1NCCc2c1sc1nc(C(C)C)nn21. The zero-order valence-electron chi connectivity index (χ0n) is 12.1. The van der Waals surface area contributed by atoms with Crippen LogP contribution in [-0.2, 0) is 6.42 Å². The van der Waals surface area contributed by atoms with Crippen molar-refractivity contribution in [2.45, 2.75) is 52.5 Å². The highest BCUT2D eigenvalue weighted by molar-refractivity contribution is 7.17. The molecule has 0 aromatic carbocycles. The standard InChI is InChI=1S/C14H22N4S/c1-8(2)7-10-12-11(5-6-15-10)18-14(19-12)16-13(17-18)9(3)4/h8-10,15H,5-7H2,1-4H3. The van der Waals surface area contributed by atoms with Crippen molar-refractivity contribution in [1.29, 1.82) is 0 Å². The quantitative estimate of drug-likeness (QED) is 0.938. The summed E-state index contributed by atoms with van der Waals surface area (Å²) in [4.78, 5) is 7.18. The minimum atomic E-state index is 0.399. The fourth-order valence-corrected chi connectivity index (χ4v) is 3.88. The average Bonchev–Trinajstić information content (AvgIpc) is 2.86. The van der Waals surface area contributed by atoms with E-state index in [0.29, 0.717) is 17.9 Å². The number of nitrogens with zero attached hydrogens (tertiary/aromatic N) is 3. The fraction of sp³-hybridized carbons (Fsp3) is 0.714. The molecule has 4 nitrogen and oxygen atoms in total. The van der Waals surface area contributed by atoms with Crippen LogP contribution in [0.3, 0.4) is 0 Å². The van der Waals surface area contributed by atoms with E-state index in [1.165, 1.54) is 17.0 Å². The predicted molar refractivity (Wildman–Crippen MR) is 78.9 cm³/mol. The summed E-state index contributed by atoms with van der Waals surface area (Å²) in [7, 11) is 0. The van der Waals surface area contributed by atoms with Crippen molar-refractivity contribution in [3.8, 4) is 0 Å². The number of rotatable bonds is 3.